The van der Waals surface area contributed by atoms with Crippen molar-refractivity contribution in [3.8, 4) is 11.1 Å². The maximum Gasteiger partial charge on any atom is 0.336 e. The van der Waals surface area contributed by atoms with E-state index in [9.17, 15) is 9.90 Å². The lowest BCUT2D eigenvalue weighted by Crippen LogP contribution is -2.26. The van der Waals surface area contributed by atoms with Crippen LogP contribution in [0.1, 0.15) is 69.1 Å². The molecule has 2 aromatic carbocycles. The number of aromatic nitrogens is 3. The first-order valence-corrected chi connectivity index (χ1v) is 9.85. The smallest absolute Gasteiger partial charge is 0.336 e. The van der Waals surface area contributed by atoms with Crippen LogP contribution in [0.3, 0.4) is 0 Å². The maximum absolute atomic E-state index is 11.5. The van der Waals surface area contributed by atoms with Gasteiger partial charge in [0.05, 0.1) is 11.1 Å². The molecule has 29 heavy (non-hydrogen) atoms. The monoisotopic (exact) mass is 391 g/mol. The van der Waals surface area contributed by atoms with Crippen LogP contribution in [0.25, 0.3) is 11.1 Å². The summed E-state index contributed by atoms with van der Waals surface area (Å²) < 4.78 is 2.02. The highest BCUT2D eigenvalue weighted by atomic mass is 16.4. The van der Waals surface area contributed by atoms with Crippen LogP contribution >= 0.6 is 0 Å². The maximum atomic E-state index is 11.5. The molecule has 3 aromatic rings. The molecule has 1 N–H and O–H groups in total. The fraction of sp³-hybridized carbons (Fsp3) is 0.375. The van der Waals surface area contributed by atoms with Gasteiger partial charge in [-0.3, -0.25) is 0 Å². The Kier molecular flexibility index (Phi) is 5.35. The van der Waals surface area contributed by atoms with Gasteiger partial charge in [-0.05, 0) is 43.5 Å². The van der Waals surface area contributed by atoms with Crippen LogP contribution in [-0.4, -0.2) is 25.8 Å². The van der Waals surface area contributed by atoms with Crippen molar-refractivity contribution in [1.82, 2.24) is 14.8 Å². The van der Waals surface area contributed by atoms with Crippen LogP contribution in [0, 0.1) is 0 Å². The second-order valence-electron chi connectivity index (χ2n) is 9.41. The summed E-state index contributed by atoms with van der Waals surface area (Å²) in [6.07, 6.45) is 0.668. The fourth-order valence-corrected chi connectivity index (χ4v) is 3.22. The number of hydrogen-bond acceptors (Lipinski definition) is 3. The molecule has 5 nitrogen and oxygen atoms in total. The Hall–Kier alpha value is -2.95. The second-order valence-corrected chi connectivity index (χ2v) is 9.41. The van der Waals surface area contributed by atoms with Gasteiger partial charge in [-0.25, -0.2) is 14.5 Å². The van der Waals surface area contributed by atoms with E-state index in [4.69, 9.17) is 10.1 Å². The summed E-state index contributed by atoms with van der Waals surface area (Å²) in [5.41, 5.74) is 2.75. The number of aromatic carboxylic acids is 1. The largest absolute Gasteiger partial charge is 0.478 e. The minimum absolute atomic E-state index is 0.115. The van der Waals surface area contributed by atoms with Crippen molar-refractivity contribution < 1.29 is 9.90 Å². The average Bonchev–Trinajstić information content (AvgIpc) is 3.07. The number of benzene rings is 2. The Balaban J connectivity index is 1.93. The molecule has 1 aromatic heterocycles. The third-order valence-electron chi connectivity index (χ3n) is 4.77. The van der Waals surface area contributed by atoms with Gasteiger partial charge < -0.3 is 5.11 Å². The molecule has 0 amide bonds. The Morgan fingerprint density at radius 2 is 1.59 bits per heavy atom. The quantitative estimate of drug-likeness (QED) is 0.656. The van der Waals surface area contributed by atoms with Crippen LogP contribution in [0.2, 0.25) is 0 Å². The average molecular weight is 392 g/mol. The van der Waals surface area contributed by atoms with Gasteiger partial charge in [0.25, 0.3) is 0 Å². The van der Waals surface area contributed by atoms with Gasteiger partial charge in [-0.2, -0.15) is 5.10 Å². The van der Waals surface area contributed by atoms with Gasteiger partial charge in [0.15, 0.2) is 5.82 Å². The van der Waals surface area contributed by atoms with Crippen LogP contribution < -0.4 is 0 Å². The van der Waals surface area contributed by atoms with Crippen molar-refractivity contribution in [3.05, 3.63) is 71.3 Å². The third-order valence-corrected chi connectivity index (χ3v) is 4.77. The SMILES string of the molecule is CC(C)(C)c1nc(Cc2ccc(-c3ccccc3C(=O)O)cc2)n(C(C)(C)C)n1. The van der Waals surface area contributed by atoms with E-state index < -0.39 is 5.97 Å². The van der Waals surface area contributed by atoms with Crippen LogP contribution in [0.15, 0.2) is 48.5 Å². The summed E-state index contributed by atoms with van der Waals surface area (Å²) in [6, 6.07) is 15.1. The third kappa shape index (κ3) is 4.56. The molecule has 0 saturated heterocycles. The number of carboxylic acids is 1. The Bertz CT molecular complexity index is 1020. The summed E-state index contributed by atoms with van der Waals surface area (Å²) in [5.74, 6) is 0.855. The molecular formula is C24H29N3O2. The van der Waals surface area contributed by atoms with Gasteiger partial charge in [0.2, 0.25) is 0 Å². The summed E-state index contributed by atoms with van der Waals surface area (Å²) >= 11 is 0. The zero-order valence-corrected chi connectivity index (χ0v) is 18.0. The van der Waals surface area contributed by atoms with E-state index in [0.29, 0.717) is 12.0 Å². The zero-order chi connectivity index (χ0) is 21.4. The van der Waals surface area contributed by atoms with Crippen LogP contribution in [-0.2, 0) is 17.4 Å². The van der Waals surface area contributed by atoms with Crippen molar-refractivity contribution in [2.45, 2.75) is 58.9 Å². The number of rotatable bonds is 4. The van der Waals surface area contributed by atoms with E-state index in [1.165, 1.54) is 0 Å². The summed E-state index contributed by atoms with van der Waals surface area (Å²) in [5, 5.41) is 14.2. The Morgan fingerprint density at radius 3 is 2.14 bits per heavy atom. The van der Waals surface area contributed by atoms with Crippen molar-refractivity contribution in [2.75, 3.05) is 0 Å². The van der Waals surface area contributed by atoms with Gasteiger partial charge in [-0.1, -0.05) is 63.2 Å². The molecule has 152 valence electrons. The van der Waals surface area contributed by atoms with E-state index in [1.54, 1.807) is 12.1 Å². The summed E-state index contributed by atoms with van der Waals surface area (Å²) in [4.78, 5) is 16.3. The first kappa shape index (κ1) is 20.8. The Labute approximate surface area is 172 Å². The van der Waals surface area contributed by atoms with Crippen LogP contribution in [0.4, 0.5) is 0 Å². The summed E-state index contributed by atoms with van der Waals surface area (Å²) in [7, 11) is 0. The molecule has 0 radical (unpaired) electrons. The minimum atomic E-state index is -0.919. The molecule has 1 heterocycles. The van der Waals surface area contributed by atoms with Crippen molar-refractivity contribution in [3.63, 3.8) is 0 Å². The standard InChI is InChI=1S/C24H29N3O2/c1-23(2,3)22-25-20(27(26-22)24(4,5)6)15-16-11-13-17(14-12-16)18-9-7-8-10-19(18)21(28)29/h7-14H,15H2,1-6H3,(H,28,29). The molecule has 3 rings (SSSR count). The second kappa shape index (κ2) is 7.47. The van der Waals surface area contributed by atoms with Gasteiger partial charge >= 0.3 is 5.97 Å². The van der Waals surface area contributed by atoms with E-state index >= 15 is 0 Å². The number of hydrogen-bond donors (Lipinski definition) is 1. The molecule has 0 fully saturated rings. The minimum Gasteiger partial charge on any atom is -0.478 e. The molecule has 0 aliphatic rings. The van der Waals surface area contributed by atoms with Crippen LogP contribution in [0.5, 0.6) is 0 Å². The lowest BCUT2D eigenvalue weighted by Gasteiger charge is -2.21. The highest BCUT2D eigenvalue weighted by Crippen LogP contribution is 2.26. The van der Waals surface area contributed by atoms with E-state index in [2.05, 4.69) is 41.5 Å². The van der Waals surface area contributed by atoms with E-state index in [0.717, 1.165) is 28.3 Å². The fourth-order valence-electron chi connectivity index (χ4n) is 3.22. The van der Waals surface area contributed by atoms with Gasteiger partial charge in [0, 0.05) is 11.8 Å². The van der Waals surface area contributed by atoms with Crippen molar-refractivity contribution in [2.24, 2.45) is 0 Å². The molecule has 0 unspecified atom stereocenters. The first-order valence-electron chi connectivity index (χ1n) is 9.85. The molecule has 0 spiro atoms. The molecule has 0 atom stereocenters. The molecular weight excluding hydrogens is 362 g/mol. The molecule has 0 saturated carbocycles. The molecule has 0 aliphatic carbocycles. The summed E-state index contributed by atoms with van der Waals surface area (Å²) in [6.45, 7) is 12.7. The van der Waals surface area contributed by atoms with Gasteiger partial charge in [0.1, 0.15) is 5.82 Å². The predicted molar refractivity (Wildman–Crippen MR) is 115 cm³/mol. The van der Waals surface area contributed by atoms with E-state index in [1.807, 2.05) is 41.1 Å². The number of nitrogens with zero attached hydrogens (tertiary/aromatic N) is 3. The lowest BCUT2D eigenvalue weighted by molar-refractivity contribution is 0.0697. The predicted octanol–water partition coefficient (Wildman–Crippen LogP) is 5.29. The zero-order valence-electron chi connectivity index (χ0n) is 18.0. The van der Waals surface area contributed by atoms with Gasteiger partial charge in [-0.15, -0.1) is 0 Å². The Morgan fingerprint density at radius 1 is 0.966 bits per heavy atom. The lowest BCUT2D eigenvalue weighted by atomic mass is 9.96. The first-order chi connectivity index (χ1) is 13.5. The number of carboxylic acid groups (broad SMARTS) is 1. The normalized spacial score (nSPS) is 12.2. The highest BCUT2D eigenvalue weighted by molar-refractivity contribution is 5.95. The van der Waals surface area contributed by atoms with E-state index in [-0.39, 0.29) is 11.0 Å². The number of carbonyl (C=O) groups is 1. The van der Waals surface area contributed by atoms with Crippen molar-refractivity contribution >= 4 is 5.97 Å². The highest BCUT2D eigenvalue weighted by Gasteiger charge is 2.26. The van der Waals surface area contributed by atoms with Crippen molar-refractivity contribution in [1.29, 1.82) is 0 Å². The molecule has 5 heteroatoms. The molecule has 0 bridgehead atoms. The molecule has 0 aliphatic heterocycles. The topological polar surface area (TPSA) is 68.0 Å².